The summed E-state index contributed by atoms with van der Waals surface area (Å²) in [6, 6.07) is 0. The minimum Gasteiger partial charge on any atom is -0.389 e. The van der Waals surface area contributed by atoms with Gasteiger partial charge in [0.15, 0.2) is 0 Å². The minimum absolute atomic E-state index is 0.122. The molecule has 0 radical (unpaired) electrons. The van der Waals surface area contributed by atoms with E-state index < -0.39 is 5.60 Å². The maximum Gasteiger partial charge on any atom is 0.226 e. The van der Waals surface area contributed by atoms with Crippen molar-refractivity contribution < 1.29 is 9.90 Å². The highest BCUT2D eigenvalue weighted by atomic mass is 16.3. The van der Waals surface area contributed by atoms with Crippen molar-refractivity contribution in [3.8, 4) is 0 Å². The summed E-state index contributed by atoms with van der Waals surface area (Å²) in [5, 5.41) is 12.6. The summed E-state index contributed by atoms with van der Waals surface area (Å²) < 4.78 is 0. The Kier molecular flexibility index (Phi) is 3.01. The molecule has 98 valence electrons. The van der Waals surface area contributed by atoms with Crippen molar-refractivity contribution in [3.63, 3.8) is 0 Å². The Balaban J connectivity index is 1.96. The molecular formula is C14H25NO2. The predicted molar refractivity (Wildman–Crippen MR) is 67.5 cm³/mol. The number of carbonyl (C=O) groups excluding carboxylic acids is 1. The average molecular weight is 239 g/mol. The highest BCUT2D eigenvalue weighted by molar-refractivity contribution is 5.83. The van der Waals surface area contributed by atoms with Crippen LogP contribution in [0, 0.1) is 10.8 Å². The second kappa shape index (κ2) is 3.98. The molecule has 3 heteroatoms. The van der Waals surface area contributed by atoms with Crippen molar-refractivity contribution in [1.82, 2.24) is 5.32 Å². The third kappa shape index (κ3) is 2.65. The summed E-state index contributed by atoms with van der Waals surface area (Å²) in [4.78, 5) is 12.3. The monoisotopic (exact) mass is 239 g/mol. The lowest BCUT2D eigenvalue weighted by Crippen LogP contribution is -2.51. The van der Waals surface area contributed by atoms with Crippen molar-refractivity contribution in [2.75, 3.05) is 6.54 Å². The van der Waals surface area contributed by atoms with Crippen LogP contribution in [0.5, 0.6) is 0 Å². The van der Waals surface area contributed by atoms with E-state index in [2.05, 4.69) is 12.2 Å². The van der Waals surface area contributed by atoms with Gasteiger partial charge in [0.1, 0.15) is 0 Å². The first-order valence-electron chi connectivity index (χ1n) is 6.76. The van der Waals surface area contributed by atoms with Gasteiger partial charge >= 0.3 is 0 Å². The van der Waals surface area contributed by atoms with Gasteiger partial charge in [-0.05, 0) is 57.8 Å². The van der Waals surface area contributed by atoms with E-state index in [1.165, 1.54) is 19.3 Å². The molecule has 0 spiro atoms. The van der Waals surface area contributed by atoms with Crippen molar-refractivity contribution in [2.45, 2.75) is 64.9 Å². The molecule has 3 saturated carbocycles. The molecule has 2 bridgehead atoms. The summed E-state index contributed by atoms with van der Waals surface area (Å²) in [7, 11) is 0. The fourth-order valence-corrected chi connectivity index (χ4v) is 3.20. The van der Waals surface area contributed by atoms with Crippen LogP contribution in [-0.2, 0) is 4.79 Å². The zero-order valence-corrected chi connectivity index (χ0v) is 11.3. The summed E-state index contributed by atoms with van der Waals surface area (Å²) in [6.45, 7) is 6.16. The molecule has 0 aromatic carbocycles. The Morgan fingerprint density at radius 2 is 1.65 bits per heavy atom. The fourth-order valence-electron chi connectivity index (χ4n) is 3.20. The lowest BCUT2D eigenvalue weighted by molar-refractivity contribution is -0.140. The fraction of sp³-hybridized carbons (Fsp3) is 0.929. The van der Waals surface area contributed by atoms with E-state index in [-0.39, 0.29) is 11.3 Å². The first-order chi connectivity index (χ1) is 7.75. The molecule has 0 aliphatic heterocycles. The van der Waals surface area contributed by atoms with Crippen molar-refractivity contribution in [1.29, 1.82) is 0 Å². The maximum atomic E-state index is 12.3. The molecule has 1 amide bonds. The summed E-state index contributed by atoms with van der Waals surface area (Å²) in [5.74, 6) is 0.168. The number of carbonyl (C=O) groups is 1. The smallest absolute Gasteiger partial charge is 0.226 e. The molecular weight excluding hydrogens is 214 g/mol. The highest BCUT2D eigenvalue weighted by Gasteiger charge is 2.50. The maximum absolute atomic E-state index is 12.3. The van der Waals surface area contributed by atoms with Gasteiger partial charge < -0.3 is 10.4 Å². The molecule has 0 aromatic rings. The molecule has 3 rings (SSSR count). The van der Waals surface area contributed by atoms with Gasteiger partial charge in [0.2, 0.25) is 5.91 Å². The number of aliphatic hydroxyl groups is 1. The number of hydrogen-bond acceptors (Lipinski definition) is 2. The van der Waals surface area contributed by atoms with E-state index in [1.54, 1.807) is 13.8 Å². The summed E-state index contributed by atoms with van der Waals surface area (Å²) >= 11 is 0. The number of hydrogen-bond donors (Lipinski definition) is 2. The second-order valence-electron chi connectivity index (χ2n) is 7.09. The van der Waals surface area contributed by atoms with Crippen molar-refractivity contribution in [3.05, 3.63) is 0 Å². The van der Waals surface area contributed by atoms with Gasteiger partial charge in [-0.3, -0.25) is 4.79 Å². The van der Waals surface area contributed by atoms with Crippen LogP contribution in [0.3, 0.4) is 0 Å². The van der Waals surface area contributed by atoms with Gasteiger partial charge in [0, 0.05) is 12.0 Å². The Labute approximate surface area is 104 Å². The Morgan fingerprint density at radius 3 is 2.06 bits per heavy atom. The largest absolute Gasteiger partial charge is 0.389 e. The van der Waals surface area contributed by atoms with Gasteiger partial charge in [-0.25, -0.2) is 0 Å². The van der Waals surface area contributed by atoms with Crippen LogP contribution < -0.4 is 5.32 Å². The zero-order valence-electron chi connectivity index (χ0n) is 11.3. The molecule has 0 aromatic heterocycles. The molecule has 3 nitrogen and oxygen atoms in total. The van der Waals surface area contributed by atoms with Crippen molar-refractivity contribution in [2.24, 2.45) is 10.8 Å². The van der Waals surface area contributed by atoms with Crippen LogP contribution in [0.15, 0.2) is 0 Å². The van der Waals surface area contributed by atoms with Gasteiger partial charge in [-0.15, -0.1) is 0 Å². The van der Waals surface area contributed by atoms with E-state index in [1.807, 2.05) is 0 Å². The lowest BCUT2D eigenvalue weighted by Gasteiger charge is -2.51. The standard InChI is InChI=1S/C14H25NO2/c1-12(2,17)10-15-11(16)14-7-4-13(3,5-8-14)6-9-14/h17H,4-10H2,1-3H3,(H,15,16). The molecule has 3 aliphatic rings. The highest BCUT2D eigenvalue weighted by Crippen LogP contribution is 2.56. The molecule has 0 saturated heterocycles. The molecule has 0 atom stereocenters. The van der Waals surface area contributed by atoms with E-state index >= 15 is 0 Å². The van der Waals surface area contributed by atoms with E-state index in [0.717, 1.165) is 19.3 Å². The first kappa shape index (κ1) is 12.9. The third-order valence-corrected chi connectivity index (χ3v) is 4.78. The first-order valence-corrected chi connectivity index (χ1v) is 6.76. The van der Waals surface area contributed by atoms with Gasteiger partial charge in [-0.1, -0.05) is 6.92 Å². The zero-order chi connectivity index (χ0) is 12.7. The number of rotatable bonds is 3. The van der Waals surface area contributed by atoms with Crippen molar-refractivity contribution >= 4 is 5.91 Å². The van der Waals surface area contributed by atoms with Crippen LogP contribution >= 0.6 is 0 Å². The molecule has 3 fully saturated rings. The Hall–Kier alpha value is -0.570. The average Bonchev–Trinajstić information content (AvgIpc) is 2.26. The molecule has 0 heterocycles. The van der Waals surface area contributed by atoms with E-state index in [0.29, 0.717) is 12.0 Å². The minimum atomic E-state index is -0.815. The van der Waals surface area contributed by atoms with Crippen LogP contribution in [0.25, 0.3) is 0 Å². The lowest BCUT2D eigenvalue weighted by atomic mass is 9.54. The topological polar surface area (TPSA) is 49.3 Å². The third-order valence-electron chi connectivity index (χ3n) is 4.78. The van der Waals surface area contributed by atoms with Crippen LogP contribution in [0.4, 0.5) is 0 Å². The molecule has 3 aliphatic carbocycles. The predicted octanol–water partition coefficient (Wildman–Crippen LogP) is 2.23. The number of nitrogens with one attached hydrogen (secondary N) is 1. The van der Waals surface area contributed by atoms with E-state index in [9.17, 15) is 9.90 Å². The summed E-state index contributed by atoms with van der Waals surface area (Å²) in [6.07, 6.45) is 6.64. The van der Waals surface area contributed by atoms with Gasteiger partial charge in [-0.2, -0.15) is 0 Å². The number of amides is 1. The van der Waals surface area contributed by atoms with Crippen LogP contribution in [-0.4, -0.2) is 23.2 Å². The normalized spacial score (nSPS) is 36.9. The van der Waals surface area contributed by atoms with E-state index in [4.69, 9.17) is 0 Å². The summed E-state index contributed by atoms with van der Waals surface area (Å²) in [5.41, 5.74) is -0.439. The number of fused-ring (bicyclic) bond motifs is 3. The Morgan fingerprint density at radius 1 is 1.18 bits per heavy atom. The second-order valence-corrected chi connectivity index (χ2v) is 7.09. The van der Waals surface area contributed by atoms with Crippen LogP contribution in [0.1, 0.15) is 59.3 Å². The van der Waals surface area contributed by atoms with Gasteiger partial charge in [0.05, 0.1) is 5.60 Å². The van der Waals surface area contributed by atoms with Crippen LogP contribution in [0.2, 0.25) is 0 Å². The van der Waals surface area contributed by atoms with Gasteiger partial charge in [0.25, 0.3) is 0 Å². The SMILES string of the molecule is CC(C)(O)CNC(=O)C12CCC(C)(CC1)CC2. The molecule has 17 heavy (non-hydrogen) atoms. The quantitative estimate of drug-likeness (QED) is 0.793. The Bertz CT molecular complexity index is 292. The molecule has 2 N–H and O–H groups in total. The molecule has 0 unspecified atom stereocenters.